The fourth-order valence-electron chi connectivity index (χ4n) is 4.93. The number of sulfonamides is 1. The van der Waals surface area contributed by atoms with E-state index < -0.39 is 33.8 Å². The van der Waals surface area contributed by atoms with Crippen LogP contribution < -0.4 is 15.4 Å². The van der Waals surface area contributed by atoms with Crippen molar-refractivity contribution in [1.29, 1.82) is 0 Å². The smallest absolute Gasteiger partial charge is 0.416 e. The first-order valence-electron chi connectivity index (χ1n) is 13.0. The molecule has 2 atom stereocenters. The normalized spacial score (nSPS) is 22.1. The van der Waals surface area contributed by atoms with E-state index in [1.165, 1.54) is 0 Å². The van der Waals surface area contributed by atoms with Crippen LogP contribution in [0.1, 0.15) is 55.7 Å². The molecule has 1 saturated heterocycles. The Kier molecular flexibility index (Phi) is 11.0. The number of hydrogen-bond acceptors (Lipinski definition) is 6. The monoisotopic (exact) mass is 603 g/mol. The lowest BCUT2D eigenvalue weighted by Gasteiger charge is -2.30. The summed E-state index contributed by atoms with van der Waals surface area (Å²) in [4.78, 5) is 25.2. The van der Waals surface area contributed by atoms with Gasteiger partial charge in [-0.05, 0) is 74.9 Å². The van der Waals surface area contributed by atoms with Crippen LogP contribution >= 0.6 is 12.4 Å². The second kappa shape index (κ2) is 13.8. The zero-order valence-corrected chi connectivity index (χ0v) is 23.3. The first-order chi connectivity index (χ1) is 18.5. The standard InChI is InChI=1S/C27H32F3N3O5S.ClH/c28-27(29,30)20-10-14-22(15-11-20)39(36,37)33-21-12-8-19(9-13-21)25(34)32-24(18-5-2-1-3-6-18)17-38-26(35)23-7-4-16-31-23;/h1-3,5-6,10-11,14-15,19,21,23-24,31,33H,4,7-9,12-13,16-17H2,(H,32,34);1H/t19-,21-,23-,24+;/m0./s1. The summed E-state index contributed by atoms with van der Waals surface area (Å²) in [5.74, 6) is -0.901. The number of benzene rings is 2. The van der Waals surface area contributed by atoms with E-state index in [1.807, 2.05) is 30.3 Å². The second-order valence-electron chi connectivity index (χ2n) is 9.94. The van der Waals surface area contributed by atoms with Crippen molar-refractivity contribution in [2.75, 3.05) is 13.2 Å². The zero-order chi connectivity index (χ0) is 28.0. The SMILES string of the molecule is Cl.O=C(OC[C@@H](NC(=O)[C@H]1CC[C@H](NS(=O)(=O)c2ccc(C(F)(F)F)cc2)CC1)c1ccccc1)[C@@H]1CCCN1. The van der Waals surface area contributed by atoms with Crippen LogP contribution in [-0.4, -0.2) is 45.5 Å². The quantitative estimate of drug-likeness (QED) is 0.372. The molecule has 2 aliphatic rings. The summed E-state index contributed by atoms with van der Waals surface area (Å²) in [6.45, 7) is 0.761. The number of halogens is 4. The molecule has 0 unspecified atom stereocenters. The Labute approximate surface area is 237 Å². The molecule has 2 fully saturated rings. The fourth-order valence-corrected chi connectivity index (χ4v) is 6.24. The van der Waals surface area contributed by atoms with Gasteiger partial charge in [0.15, 0.2) is 0 Å². The van der Waals surface area contributed by atoms with Gasteiger partial charge in [0.2, 0.25) is 15.9 Å². The topological polar surface area (TPSA) is 114 Å². The van der Waals surface area contributed by atoms with Crippen LogP contribution in [0.15, 0.2) is 59.5 Å². The predicted molar refractivity (Wildman–Crippen MR) is 144 cm³/mol. The summed E-state index contributed by atoms with van der Waals surface area (Å²) in [5, 5.41) is 6.08. The van der Waals surface area contributed by atoms with E-state index in [4.69, 9.17) is 4.74 Å². The summed E-state index contributed by atoms with van der Waals surface area (Å²) in [6, 6.07) is 11.3. The Morgan fingerprint density at radius 3 is 2.20 bits per heavy atom. The van der Waals surface area contributed by atoms with Crippen molar-refractivity contribution in [1.82, 2.24) is 15.4 Å². The van der Waals surface area contributed by atoms with Gasteiger partial charge >= 0.3 is 12.1 Å². The molecule has 1 aliphatic heterocycles. The number of esters is 1. The van der Waals surface area contributed by atoms with Gasteiger partial charge in [-0.3, -0.25) is 9.59 Å². The van der Waals surface area contributed by atoms with Crippen molar-refractivity contribution in [3.63, 3.8) is 0 Å². The van der Waals surface area contributed by atoms with Gasteiger partial charge in [0.1, 0.15) is 12.6 Å². The first-order valence-corrected chi connectivity index (χ1v) is 14.5. The summed E-state index contributed by atoms with van der Waals surface area (Å²) in [7, 11) is -4.01. The van der Waals surface area contributed by atoms with Gasteiger partial charge < -0.3 is 15.4 Å². The van der Waals surface area contributed by atoms with Crippen molar-refractivity contribution >= 4 is 34.3 Å². The van der Waals surface area contributed by atoms with Crippen LogP contribution in [-0.2, 0) is 30.5 Å². The Morgan fingerprint density at radius 2 is 1.62 bits per heavy atom. The number of amides is 1. The lowest BCUT2D eigenvalue weighted by atomic mass is 9.85. The van der Waals surface area contributed by atoms with Gasteiger partial charge in [-0.2, -0.15) is 13.2 Å². The number of nitrogens with one attached hydrogen (secondary N) is 3. The van der Waals surface area contributed by atoms with Crippen molar-refractivity contribution in [2.45, 2.75) is 67.7 Å². The Bertz CT molecular complexity index is 1230. The van der Waals surface area contributed by atoms with Crippen molar-refractivity contribution in [3.05, 3.63) is 65.7 Å². The summed E-state index contributed by atoms with van der Waals surface area (Å²) in [6.07, 6.45) is -1.27. The maximum Gasteiger partial charge on any atom is 0.416 e. The van der Waals surface area contributed by atoms with E-state index in [9.17, 15) is 31.2 Å². The van der Waals surface area contributed by atoms with E-state index in [1.54, 1.807) is 0 Å². The predicted octanol–water partition coefficient (Wildman–Crippen LogP) is 4.12. The minimum absolute atomic E-state index is 0. The van der Waals surface area contributed by atoms with Crippen LogP contribution in [0.25, 0.3) is 0 Å². The largest absolute Gasteiger partial charge is 0.462 e. The maximum absolute atomic E-state index is 13.1. The highest BCUT2D eigenvalue weighted by molar-refractivity contribution is 7.89. The summed E-state index contributed by atoms with van der Waals surface area (Å²) in [5.41, 5.74) is -0.122. The molecule has 4 rings (SSSR count). The number of ether oxygens (including phenoxy) is 1. The maximum atomic E-state index is 13.1. The van der Waals surface area contributed by atoms with E-state index in [0.29, 0.717) is 32.1 Å². The molecule has 1 aliphatic carbocycles. The highest BCUT2D eigenvalue weighted by atomic mass is 35.5. The Balaban J connectivity index is 0.00000441. The number of rotatable bonds is 9. The molecule has 2 aromatic carbocycles. The molecule has 40 heavy (non-hydrogen) atoms. The molecule has 0 aromatic heterocycles. The number of carbonyl (C=O) groups is 2. The van der Waals surface area contributed by atoms with Crippen molar-refractivity contribution in [2.24, 2.45) is 5.92 Å². The van der Waals surface area contributed by atoms with Crippen molar-refractivity contribution in [3.8, 4) is 0 Å². The third-order valence-electron chi connectivity index (χ3n) is 7.17. The highest BCUT2D eigenvalue weighted by Gasteiger charge is 2.33. The lowest BCUT2D eigenvalue weighted by molar-refractivity contribution is -0.147. The van der Waals surface area contributed by atoms with Crippen LogP contribution in [0.5, 0.6) is 0 Å². The van der Waals surface area contributed by atoms with E-state index in [2.05, 4.69) is 15.4 Å². The minimum Gasteiger partial charge on any atom is -0.462 e. The molecule has 1 amide bonds. The van der Waals surface area contributed by atoms with Gasteiger partial charge in [0, 0.05) is 12.0 Å². The molecule has 2 aromatic rings. The summed E-state index contributed by atoms with van der Waals surface area (Å²) >= 11 is 0. The molecule has 1 heterocycles. The summed E-state index contributed by atoms with van der Waals surface area (Å²) < 4.78 is 71.8. The molecule has 8 nitrogen and oxygen atoms in total. The van der Waals surface area contributed by atoms with Crippen molar-refractivity contribution < 1.29 is 35.9 Å². The highest BCUT2D eigenvalue weighted by Crippen LogP contribution is 2.30. The van der Waals surface area contributed by atoms with Crippen LogP contribution in [0.3, 0.4) is 0 Å². The third-order valence-corrected chi connectivity index (χ3v) is 8.70. The van der Waals surface area contributed by atoms with E-state index >= 15 is 0 Å². The van der Waals surface area contributed by atoms with E-state index in [-0.39, 0.29) is 47.7 Å². The Hall–Kier alpha value is -2.67. The van der Waals surface area contributed by atoms with Gasteiger partial charge in [0.05, 0.1) is 16.5 Å². The van der Waals surface area contributed by atoms with Crippen LogP contribution in [0.4, 0.5) is 13.2 Å². The molecule has 0 radical (unpaired) electrons. The Morgan fingerprint density at radius 1 is 0.975 bits per heavy atom. The molecule has 1 saturated carbocycles. The fraction of sp³-hybridized carbons (Fsp3) is 0.481. The number of carbonyl (C=O) groups excluding carboxylic acids is 2. The molecular weight excluding hydrogens is 571 g/mol. The first kappa shape index (κ1) is 31.9. The average Bonchev–Trinajstić information content (AvgIpc) is 3.46. The van der Waals surface area contributed by atoms with Gasteiger partial charge in [-0.25, -0.2) is 13.1 Å². The lowest BCUT2D eigenvalue weighted by Crippen LogP contribution is -2.42. The number of alkyl halides is 3. The zero-order valence-electron chi connectivity index (χ0n) is 21.7. The second-order valence-corrected chi connectivity index (χ2v) is 11.7. The molecule has 0 spiro atoms. The molecule has 13 heteroatoms. The molecule has 220 valence electrons. The van der Waals surface area contributed by atoms with E-state index in [0.717, 1.165) is 42.8 Å². The molecule has 0 bridgehead atoms. The van der Waals surface area contributed by atoms with Gasteiger partial charge in [-0.15, -0.1) is 12.4 Å². The molecular formula is C27H33ClF3N3O5S. The minimum atomic E-state index is -4.55. The van der Waals surface area contributed by atoms with Gasteiger partial charge in [-0.1, -0.05) is 30.3 Å². The van der Waals surface area contributed by atoms with Crippen LogP contribution in [0.2, 0.25) is 0 Å². The number of hydrogen-bond donors (Lipinski definition) is 3. The average molecular weight is 604 g/mol. The third kappa shape index (κ3) is 8.42. The van der Waals surface area contributed by atoms with Gasteiger partial charge in [0.25, 0.3) is 0 Å². The van der Waals surface area contributed by atoms with Crippen LogP contribution in [0, 0.1) is 5.92 Å². The molecule has 3 N–H and O–H groups in total.